The molecule has 0 aromatic heterocycles. The van der Waals surface area contributed by atoms with Gasteiger partial charge >= 0.3 is 5.97 Å². The summed E-state index contributed by atoms with van der Waals surface area (Å²) in [5, 5.41) is 12.2. The summed E-state index contributed by atoms with van der Waals surface area (Å²) in [5.41, 5.74) is 0.170. The maximum absolute atomic E-state index is 10.8. The fourth-order valence-electron chi connectivity index (χ4n) is 3.10. The molecule has 1 aliphatic carbocycles. The van der Waals surface area contributed by atoms with Crippen molar-refractivity contribution in [1.29, 1.82) is 0 Å². The third-order valence-electron chi connectivity index (χ3n) is 3.87. The summed E-state index contributed by atoms with van der Waals surface area (Å²) in [7, 11) is 0. The maximum Gasteiger partial charge on any atom is 0.320 e. The molecule has 3 atom stereocenters. The van der Waals surface area contributed by atoms with E-state index in [-0.39, 0.29) is 11.6 Å². The smallest absolute Gasteiger partial charge is 0.320 e. The fraction of sp³-hybridized carbons (Fsp3) is 0.900. The predicted molar refractivity (Wildman–Crippen MR) is 49.5 cm³/mol. The van der Waals surface area contributed by atoms with Gasteiger partial charge in [0.25, 0.3) is 0 Å². The minimum absolute atomic E-state index is 0.170. The zero-order chi connectivity index (χ0) is 9.47. The largest absolute Gasteiger partial charge is 0.480 e. The second-order valence-electron chi connectivity index (χ2n) is 4.37. The Hall–Kier alpha value is -0.570. The van der Waals surface area contributed by atoms with Crippen LogP contribution in [0.5, 0.6) is 0 Å². The molecular weight excluding hydrogens is 166 g/mol. The first-order valence-electron chi connectivity index (χ1n) is 5.18. The summed E-state index contributed by atoms with van der Waals surface area (Å²) in [6.07, 6.45) is 5.55. The number of rotatable bonds is 2. The van der Waals surface area contributed by atoms with Crippen molar-refractivity contribution in [3.63, 3.8) is 0 Å². The molecule has 2 rings (SSSR count). The van der Waals surface area contributed by atoms with Crippen molar-refractivity contribution < 1.29 is 9.90 Å². The number of carboxylic acids is 1. The molecule has 1 aliphatic heterocycles. The summed E-state index contributed by atoms with van der Waals surface area (Å²) in [4.78, 5) is 10.8. The Kier molecular flexibility index (Phi) is 2.06. The average molecular weight is 183 g/mol. The summed E-state index contributed by atoms with van der Waals surface area (Å²) in [6.45, 7) is 2.16. The Morgan fingerprint density at radius 1 is 1.69 bits per heavy atom. The van der Waals surface area contributed by atoms with Crippen molar-refractivity contribution >= 4 is 5.97 Å². The van der Waals surface area contributed by atoms with Gasteiger partial charge in [-0.1, -0.05) is 13.3 Å². The fourth-order valence-corrected chi connectivity index (χ4v) is 3.10. The molecule has 2 N–H and O–H groups in total. The van der Waals surface area contributed by atoms with Gasteiger partial charge in [0.05, 0.1) is 0 Å². The van der Waals surface area contributed by atoms with Crippen LogP contribution >= 0.6 is 0 Å². The van der Waals surface area contributed by atoms with Gasteiger partial charge in [0.1, 0.15) is 6.04 Å². The van der Waals surface area contributed by atoms with Crippen molar-refractivity contribution in [2.24, 2.45) is 5.92 Å². The van der Waals surface area contributed by atoms with Gasteiger partial charge in [-0.2, -0.15) is 0 Å². The van der Waals surface area contributed by atoms with Crippen molar-refractivity contribution in [3.8, 4) is 0 Å². The van der Waals surface area contributed by atoms with E-state index in [1.807, 2.05) is 0 Å². The van der Waals surface area contributed by atoms with Crippen molar-refractivity contribution in [1.82, 2.24) is 5.32 Å². The lowest BCUT2D eigenvalue weighted by Gasteiger charge is -2.28. The average Bonchev–Trinajstić information content (AvgIpc) is 2.58. The van der Waals surface area contributed by atoms with E-state index < -0.39 is 5.97 Å². The van der Waals surface area contributed by atoms with E-state index in [1.54, 1.807) is 0 Å². The van der Waals surface area contributed by atoms with Crippen LogP contribution in [0.15, 0.2) is 0 Å². The van der Waals surface area contributed by atoms with Gasteiger partial charge in [-0.25, -0.2) is 0 Å². The molecule has 1 heterocycles. The van der Waals surface area contributed by atoms with Gasteiger partial charge in [0.2, 0.25) is 0 Å². The summed E-state index contributed by atoms with van der Waals surface area (Å²) < 4.78 is 0. The third kappa shape index (κ3) is 1.26. The first kappa shape index (κ1) is 9.00. The zero-order valence-corrected chi connectivity index (χ0v) is 8.05. The highest BCUT2D eigenvalue weighted by Gasteiger charge is 2.50. The van der Waals surface area contributed by atoms with E-state index in [9.17, 15) is 4.79 Å². The van der Waals surface area contributed by atoms with Crippen molar-refractivity contribution in [2.75, 3.05) is 0 Å². The van der Waals surface area contributed by atoms with Gasteiger partial charge in [-0.15, -0.1) is 0 Å². The number of fused-ring (bicyclic) bond motifs is 1. The summed E-state index contributed by atoms with van der Waals surface area (Å²) in [6, 6.07) is -0.287. The van der Waals surface area contributed by atoms with Gasteiger partial charge in [-0.05, 0) is 31.6 Å². The second kappa shape index (κ2) is 2.98. The number of nitrogens with one attached hydrogen (secondary N) is 1. The number of hydrogen-bond donors (Lipinski definition) is 2. The molecule has 0 aromatic rings. The Morgan fingerprint density at radius 3 is 3.00 bits per heavy atom. The highest BCUT2D eigenvalue weighted by atomic mass is 16.4. The molecule has 0 bridgehead atoms. The first-order chi connectivity index (χ1) is 6.18. The van der Waals surface area contributed by atoms with Crippen LogP contribution in [0.1, 0.15) is 39.0 Å². The highest BCUT2D eigenvalue weighted by molar-refractivity contribution is 5.74. The zero-order valence-electron chi connectivity index (χ0n) is 8.05. The van der Waals surface area contributed by atoms with Crippen LogP contribution in [0.2, 0.25) is 0 Å². The van der Waals surface area contributed by atoms with E-state index in [0.29, 0.717) is 5.92 Å². The summed E-state index contributed by atoms with van der Waals surface area (Å²) in [5.74, 6) is -0.0687. The number of hydrogen-bond acceptors (Lipinski definition) is 2. The Labute approximate surface area is 78.5 Å². The lowest BCUT2D eigenvalue weighted by molar-refractivity contribution is -0.139. The van der Waals surface area contributed by atoms with Crippen molar-refractivity contribution in [3.05, 3.63) is 0 Å². The van der Waals surface area contributed by atoms with Crippen LogP contribution < -0.4 is 5.32 Å². The maximum atomic E-state index is 10.8. The van der Waals surface area contributed by atoms with Crippen LogP contribution in [0.3, 0.4) is 0 Å². The van der Waals surface area contributed by atoms with Gasteiger partial charge in [0, 0.05) is 5.54 Å². The molecule has 0 radical (unpaired) electrons. The minimum Gasteiger partial charge on any atom is -0.480 e. The second-order valence-corrected chi connectivity index (χ2v) is 4.37. The van der Waals surface area contributed by atoms with Gasteiger partial charge < -0.3 is 5.11 Å². The molecule has 0 spiro atoms. The Balaban J connectivity index is 2.13. The molecule has 1 saturated carbocycles. The number of aliphatic carboxylic acids is 1. The molecule has 0 aromatic carbocycles. The molecule has 3 nitrogen and oxygen atoms in total. The van der Waals surface area contributed by atoms with E-state index in [0.717, 1.165) is 19.3 Å². The monoisotopic (exact) mass is 183 g/mol. The lowest BCUT2D eigenvalue weighted by atomic mass is 9.86. The molecule has 1 saturated heterocycles. The van der Waals surface area contributed by atoms with Crippen LogP contribution in [0, 0.1) is 5.92 Å². The quantitative estimate of drug-likeness (QED) is 0.680. The van der Waals surface area contributed by atoms with Crippen molar-refractivity contribution in [2.45, 2.75) is 50.6 Å². The SMILES string of the molecule is CC[C@]12CCC[C@@H]1C[C@@H](C(=O)O)N2. The van der Waals surface area contributed by atoms with E-state index in [4.69, 9.17) is 5.11 Å². The van der Waals surface area contributed by atoms with E-state index in [2.05, 4.69) is 12.2 Å². The summed E-state index contributed by atoms with van der Waals surface area (Å²) >= 11 is 0. The molecule has 74 valence electrons. The normalized spacial score (nSPS) is 43.5. The highest BCUT2D eigenvalue weighted by Crippen LogP contribution is 2.45. The topological polar surface area (TPSA) is 49.3 Å². The van der Waals surface area contributed by atoms with Crippen LogP contribution in [0.4, 0.5) is 0 Å². The molecule has 3 heteroatoms. The molecular formula is C10H17NO2. The molecule has 0 unspecified atom stereocenters. The number of carboxylic acid groups (broad SMARTS) is 1. The van der Waals surface area contributed by atoms with E-state index >= 15 is 0 Å². The molecule has 2 fully saturated rings. The standard InChI is InChI=1S/C10H17NO2/c1-2-10-5-3-4-7(10)6-8(11-10)9(12)13/h7-8,11H,2-6H2,1H3,(H,12,13)/t7-,8+,10+/m1/s1. The molecule has 0 amide bonds. The van der Waals surface area contributed by atoms with Gasteiger partial charge in [-0.3, -0.25) is 10.1 Å². The predicted octanol–water partition coefficient (Wildman–Crippen LogP) is 1.38. The first-order valence-corrected chi connectivity index (χ1v) is 5.18. The van der Waals surface area contributed by atoms with Crippen LogP contribution in [-0.2, 0) is 4.79 Å². The Bertz CT molecular complexity index is 229. The molecule has 13 heavy (non-hydrogen) atoms. The minimum atomic E-state index is -0.678. The molecule has 2 aliphatic rings. The lowest BCUT2D eigenvalue weighted by Crippen LogP contribution is -2.45. The van der Waals surface area contributed by atoms with Gasteiger partial charge in [0.15, 0.2) is 0 Å². The van der Waals surface area contributed by atoms with Crippen LogP contribution in [-0.4, -0.2) is 22.7 Å². The van der Waals surface area contributed by atoms with Crippen LogP contribution in [0.25, 0.3) is 0 Å². The Morgan fingerprint density at radius 2 is 2.46 bits per heavy atom. The third-order valence-corrected chi connectivity index (χ3v) is 3.87. The number of carbonyl (C=O) groups is 1. The van der Waals surface area contributed by atoms with E-state index in [1.165, 1.54) is 12.8 Å².